The van der Waals surface area contributed by atoms with Gasteiger partial charge in [-0.1, -0.05) is 13.8 Å². The second-order valence-corrected chi connectivity index (χ2v) is 5.58. The average molecular weight is 246 g/mol. The first-order valence-corrected chi connectivity index (χ1v) is 6.80. The zero-order valence-electron chi connectivity index (χ0n) is 12.0. The third-order valence-corrected chi connectivity index (χ3v) is 2.73. The largest absolute Gasteiger partial charge is 0.396 e. The van der Waals surface area contributed by atoms with Gasteiger partial charge in [0.25, 0.3) is 0 Å². The first-order valence-electron chi connectivity index (χ1n) is 6.80. The van der Waals surface area contributed by atoms with Crippen molar-refractivity contribution in [3.63, 3.8) is 0 Å². The third kappa shape index (κ3) is 12.1. The van der Waals surface area contributed by atoms with Crippen LogP contribution in [0.2, 0.25) is 0 Å². The van der Waals surface area contributed by atoms with Gasteiger partial charge in [-0.05, 0) is 45.4 Å². The molecule has 0 aliphatic carbocycles. The molecule has 0 unspecified atom stereocenters. The van der Waals surface area contributed by atoms with E-state index in [4.69, 9.17) is 14.6 Å². The molecule has 0 fully saturated rings. The Bertz CT molecular complexity index is 167. The smallest absolute Gasteiger partial charge is 0.0648 e. The lowest BCUT2D eigenvalue weighted by Crippen LogP contribution is -2.27. The van der Waals surface area contributed by atoms with Gasteiger partial charge in [-0.25, -0.2) is 0 Å². The van der Waals surface area contributed by atoms with Gasteiger partial charge in [-0.3, -0.25) is 0 Å². The first-order chi connectivity index (χ1) is 7.98. The Kier molecular flexibility index (Phi) is 9.79. The van der Waals surface area contributed by atoms with Crippen LogP contribution < -0.4 is 0 Å². The molecule has 0 saturated heterocycles. The van der Waals surface area contributed by atoms with Crippen LogP contribution in [0.4, 0.5) is 0 Å². The molecule has 0 aromatic carbocycles. The minimum atomic E-state index is -0.0914. The monoisotopic (exact) mass is 246 g/mol. The molecular formula is C14H30O3. The predicted molar refractivity (Wildman–Crippen MR) is 71.2 cm³/mol. The summed E-state index contributed by atoms with van der Waals surface area (Å²) in [6, 6.07) is 0. The fourth-order valence-electron chi connectivity index (χ4n) is 1.38. The van der Waals surface area contributed by atoms with Crippen LogP contribution in [0, 0.1) is 5.92 Å². The lowest BCUT2D eigenvalue weighted by Gasteiger charge is -2.25. The number of hydrogen-bond acceptors (Lipinski definition) is 3. The van der Waals surface area contributed by atoms with Gasteiger partial charge in [-0.15, -0.1) is 0 Å². The van der Waals surface area contributed by atoms with Crippen LogP contribution in [0.5, 0.6) is 0 Å². The Hall–Kier alpha value is -0.120. The highest BCUT2D eigenvalue weighted by molar-refractivity contribution is 4.68. The van der Waals surface area contributed by atoms with Crippen molar-refractivity contribution in [3.8, 4) is 0 Å². The molecule has 0 rings (SSSR count). The zero-order valence-corrected chi connectivity index (χ0v) is 12.0. The normalized spacial score (nSPS) is 12.4. The highest BCUT2D eigenvalue weighted by Gasteiger charge is 2.17. The molecule has 0 aliphatic rings. The van der Waals surface area contributed by atoms with Gasteiger partial charge in [0.1, 0.15) is 0 Å². The van der Waals surface area contributed by atoms with E-state index in [-0.39, 0.29) is 12.2 Å². The number of ether oxygens (including phenoxy) is 2. The van der Waals surface area contributed by atoms with E-state index in [0.29, 0.717) is 5.92 Å². The highest BCUT2D eigenvalue weighted by atomic mass is 16.5. The first kappa shape index (κ1) is 16.9. The zero-order chi connectivity index (χ0) is 13.1. The van der Waals surface area contributed by atoms with Crippen molar-refractivity contribution in [2.45, 2.75) is 59.0 Å². The van der Waals surface area contributed by atoms with Crippen LogP contribution in [-0.4, -0.2) is 37.1 Å². The molecule has 0 aromatic heterocycles. The van der Waals surface area contributed by atoms with Crippen LogP contribution in [0.25, 0.3) is 0 Å². The molecular weight excluding hydrogens is 216 g/mol. The fourth-order valence-corrected chi connectivity index (χ4v) is 1.38. The van der Waals surface area contributed by atoms with Crippen molar-refractivity contribution in [2.75, 3.05) is 26.4 Å². The number of aliphatic hydroxyl groups excluding tert-OH is 1. The van der Waals surface area contributed by atoms with Gasteiger partial charge in [-0.2, -0.15) is 0 Å². The average Bonchev–Trinajstić information content (AvgIpc) is 2.22. The van der Waals surface area contributed by atoms with Gasteiger partial charge in [0.15, 0.2) is 0 Å². The predicted octanol–water partition coefficient (Wildman–Crippen LogP) is 3.01. The maximum absolute atomic E-state index is 8.62. The molecule has 1 N–H and O–H groups in total. The van der Waals surface area contributed by atoms with E-state index in [2.05, 4.69) is 27.7 Å². The standard InChI is InChI=1S/C14H30O3/c1-13(2)7-11-17-14(3,4)8-12-16-10-6-5-9-15/h13,15H,5-12H2,1-4H3. The van der Waals surface area contributed by atoms with Gasteiger partial charge in [0, 0.05) is 26.4 Å². The van der Waals surface area contributed by atoms with Gasteiger partial charge >= 0.3 is 0 Å². The molecule has 0 aliphatic heterocycles. The van der Waals surface area contributed by atoms with E-state index in [1.165, 1.54) is 0 Å². The third-order valence-electron chi connectivity index (χ3n) is 2.73. The molecule has 0 heterocycles. The Morgan fingerprint density at radius 3 is 2.35 bits per heavy atom. The van der Waals surface area contributed by atoms with E-state index in [1.807, 2.05) is 0 Å². The van der Waals surface area contributed by atoms with E-state index in [1.54, 1.807) is 0 Å². The number of aliphatic hydroxyl groups is 1. The second-order valence-electron chi connectivity index (χ2n) is 5.58. The Morgan fingerprint density at radius 2 is 1.76 bits per heavy atom. The SMILES string of the molecule is CC(C)CCOC(C)(C)CCOCCCCO. The molecule has 0 amide bonds. The molecule has 3 heteroatoms. The van der Waals surface area contributed by atoms with Crippen molar-refractivity contribution in [3.05, 3.63) is 0 Å². The molecule has 0 radical (unpaired) electrons. The molecule has 104 valence electrons. The Balaban J connectivity index is 3.43. The maximum Gasteiger partial charge on any atom is 0.0648 e. The summed E-state index contributed by atoms with van der Waals surface area (Å²) in [7, 11) is 0. The Labute approximate surface area is 107 Å². The van der Waals surface area contributed by atoms with Crippen molar-refractivity contribution in [2.24, 2.45) is 5.92 Å². The maximum atomic E-state index is 8.62. The molecule has 0 aromatic rings. The van der Waals surface area contributed by atoms with Crippen LogP contribution in [-0.2, 0) is 9.47 Å². The number of hydrogen-bond donors (Lipinski definition) is 1. The number of rotatable bonds is 11. The minimum Gasteiger partial charge on any atom is -0.396 e. The van der Waals surface area contributed by atoms with Gasteiger partial charge in [0.05, 0.1) is 5.60 Å². The summed E-state index contributed by atoms with van der Waals surface area (Å²) in [5.74, 6) is 0.695. The van der Waals surface area contributed by atoms with Crippen LogP contribution in [0.1, 0.15) is 53.4 Å². The van der Waals surface area contributed by atoms with Gasteiger partial charge < -0.3 is 14.6 Å². The molecule has 17 heavy (non-hydrogen) atoms. The van der Waals surface area contributed by atoms with Gasteiger partial charge in [0.2, 0.25) is 0 Å². The van der Waals surface area contributed by atoms with Crippen molar-refractivity contribution in [1.82, 2.24) is 0 Å². The molecule has 0 atom stereocenters. The molecule has 0 spiro atoms. The summed E-state index contributed by atoms with van der Waals surface area (Å²) < 4.78 is 11.4. The lowest BCUT2D eigenvalue weighted by molar-refractivity contribution is -0.0445. The summed E-state index contributed by atoms with van der Waals surface area (Å²) in [4.78, 5) is 0. The summed E-state index contributed by atoms with van der Waals surface area (Å²) >= 11 is 0. The Morgan fingerprint density at radius 1 is 1.06 bits per heavy atom. The summed E-state index contributed by atoms with van der Waals surface area (Å²) in [6.07, 6.45) is 3.80. The van der Waals surface area contributed by atoms with E-state index in [9.17, 15) is 0 Å². The summed E-state index contributed by atoms with van der Waals surface area (Å²) in [5, 5.41) is 8.62. The second kappa shape index (κ2) is 9.86. The van der Waals surface area contributed by atoms with Crippen molar-refractivity contribution >= 4 is 0 Å². The fraction of sp³-hybridized carbons (Fsp3) is 1.00. The summed E-state index contributed by atoms with van der Waals surface area (Å²) in [5.41, 5.74) is -0.0914. The van der Waals surface area contributed by atoms with E-state index >= 15 is 0 Å². The van der Waals surface area contributed by atoms with Crippen LogP contribution >= 0.6 is 0 Å². The lowest BCUT2D eigenvalue weighted by atomic mass is 10.1. The number of unbranched alkanes of at least 4 members (excludes halogenated alkanes) is 1. The molecule has 0 bridgehead atoms. The minimum absolute atomic E-state index is 0.0914. The molecule has 0 saturated carbocycles. The van der Waals surface area contributed by atoms with E-state index in [0.717, 1.165) is 45.5 Å². The topological polar surface area (TPSA) is 38.7 Å². The van der Waals surface area contributed by atoms with Crippen molar-refractivity contribution in [1.29, 1.82) is 0 Å². The summed E-state index contributed by atoms with van der Waals surface area (Å²) in [6.45, 7) is 11.2. The van der Waals surface area contributed by atoms with Crippen LogP contribution in [0.15, 0.2) is 0 Å². The van der Waals surface area contributed by atoms with E-state index < -0.39 is 0 Å². The van der Waals surface area contributed by atoms with Crippen LogP contribution in [0.3, 0.4) is 0 Å². The molecule has 3 nitrogen and oxygen atoms in total. The van der Waals surface area contributed by atoms with Crippen molar-refractivity contribution < 1.29 is 14.6 Å². The quantitative estimate of drug-likeness (QED) is 0.570. The highest BCUT2D eigenvalue weighted by Crippen LogP contribution is 2.16.